The van der Waals surface area contributed by atoms with Crippen LogP contribution < -0.4 is 10.6 Å². The van der Waals surface area contributed by atoms with Crippen molar-refractivity contribution in [1.29, 1.82) is 0 Å². The van der Waals surface area contributed by atoms with Gasteiger partial charge in [0, 0.05) is 25.9 Å². The third-order valence-corrected chi connectivity index (χ3v) is 10.5. The number of amides is 3. The number of carbonyl (C=O) groups excluding carboxylic acids is 3. The Kier molecular flexibility index (Phi) is 11.1. The summed E-state index contributed by atoms with van der Waals surface area (Å²) in [5.41, 5.74) is 5.43. The molecule has 0 aromatic heterocycles. The first-order chi connectivity index (χ1) is 27.3. The molecule has 6 aromatic carbocycles. The Morgan fingerprint density at radius 1 is 0.679 bits per heavy atom. The predicted octanol–water partition coefficient (Wildman–Crippen LogP) is 7.85. The van der Waals surface area contributed by atoms with Crippen molar-refractivity contribution in [1.82, 2.24) is 15.5 Å². The van der Waals surface area contributed by atoms with Gasteiger partial charge in [0.2, 0.25) is 11.8 Å². The molecule has 1 atom stereocenters. The number of hydrogen-bond donors (Lipinski definition) is 4. The lowest BCUT2D eigenvalue weighted by molar-refractivity contribution is -0.128. The standard InChI is InChI=1S/C47H43N3O6/c1-48-44(53)28-26-41(45(54)49-30-32-25-27-42(51)43(52)29-32)50(46(55)56-31-40-38-23-13-11-21-36(38)37-22-12-14-24-39(37)40)47(33-15-5-2-6-16-33,34-17-7-3-8-18-34)35-19-9-4-10-20-35/h2-25,27,29,40-41,51-52H,26,28,30-31H2,1H3,(H,48,53)(H,49,54)/t41-/m0/s1. The molecule has 6 aromatic rings. The van der Waals surface area contributed by atoms with Crippen molar-refractivity contribution in [3.63, 3.8) is 0 Å². The van der Waals surface area contributed by atoms with E-state index in [1.807, 2.05) is 115 Å². The minimum Gasteiger partial charge on any atom is -0.504 e. The molecule has 0 aliphatic heterocycles. The zero-order valence-corrected chi connectivity index (χ0v) is 31.0. The number of hydrogen-bond acceptors (Lipinski definition) is 6. The lowest BCUT2D eigenvalue weighted by Gasteiger charge is -2.48. The molecule has 0 bridgehead atoms. The minimum absolute atomic E-state index is 0.00558. The van der Waals surface area contributed by atoms with Crippen LogP contribution in [0, 0.1) is 0 Å². The van der Waals surface area contributed by atoms with E-state index in [2.05, 4.69) is 34.9 Å². The van der Waals surface area contributed by atoms with E-state index in [0.29, 0.717) is 22.3 Å². The highest BCUT2D eigenvalue weighted by Crippen LogP contribution is 2.47. The van der Waals surface area contributed by atoms with Crippen LogP contribution in [0.3, 0.4) is 0 Å². The molecule has 0 fully saturated rings. The number of fused-ring (bicyclic) bond motifs is 3. The molecule has 4 N–H and O–H groups in total. The maximum Gasteiger partial charge on any atom is 0.411 e. The molecule has 0 radical (unpaired) electrons. The van der Waals surface area contributed by atoms with E-state index >= 15 is 4.79 Å². The van der Waals surface area contributed by atoms with Crippen molar-refractivity contribution in [2.24, 2.45) is 0 Å². The van der Waals surface area contributed by atoms with Gasteiger partial charge in [0.15, 0.2) is 11.5 Å². The summed E-state index contributed by atoms with van der Waals surface area (Å²) in [4.78, 5) is 44.8. The van der Waals surface area contributed by atoms with E-state index < -0.39 is 23.6 Å². The van der Waals surface area contributed by atoms with E-state index in [9.17, 15) is 19.8 Å². The lowest BCUT2D eigenvalue weighted by atomic mass is 9.74. The monoisotopic (exact) mass is 745 g/mol. The Morgan fingerprint density at radius 2 is 1.18 bits per heavy atom. The summed E-state index contributed by atoms with van der Waals surface area (Å²) in [7, 11) is 1.53. The van der Waals surface area contributed by atoms with Crippen LogP contribution in [0.25, 0.3) is 11.1 Å². The van der Waals surface area contributed by atoms with Crippen LogP contribution in [0.15, 0.2) is 158 Å². The molecule has 3 amide bonds. The van der Waals surface area contributed by atoms with Gasteiger partial charge >= 0.3 is 6.09 Å². The van der Waals surface area contributed by atoms with Crippen molar-refractivity contribution < 1.29 is 29.3 Å². The summed E-state index contributed by atoms with van der Waals surface area (Å²) in [6, 6.07) is 47.8. The van der Waals surface area contributed by atoms with E-state index in [4.69, 9.17) is 4.74 Å². The highest BCUT2D eigenvalue weighted by atomic mass is 16.6. The Morgan fingerprint density at radius 3 is 1.68 bits per heavy atom. The van der Waals surface area contributed by atoms with Gasteiger partial charge in [-0.25, -0.2) is 4.79 Å². The zero-order valence-electron chi connectivity index (χ0n) is 31.0. The first-order valence-electron chi connectivity index (χ1n) is 18.6. The predicted molar refractivity (Wildman–Crippen MR) is 215 cm³/mol. The van der Waals surface area contributed by atoms with E-state index in [0.717, 1.165) is 22.3 Å². The van der Waals surface area contributed by atoms with Crippen LogP contribution in [-0.2, 0) is 26.4 Å². The molecule has 1 aliphatic carbocycles. The van der Waals surface area contributed by atoms with Crippen molar-refractivity contribution >= 4 is 17.9 Å². The molecule has 1 aliphatic rings. The molecule has 282 valence electrons. The largest absolute Gasteiger partial charge is 0.504 e. The summed E-state index contributed by atoms with van der Waals surface area (Å²) in [5, 5.41) is 25.7. The van der Waals surface area contributed by atoms with Crippen LogP contribution in [0.1, 0.15) is 52.1 Å². The second-order valence-corrected chi connectivity index (χ2v) is 13.8. The van der Waals surface area contributed by atoms with E-state index in [1.165, 1.54) is 24.1 Å². The Labute approximate surface area is 326 Å². The normalized spacial score (nSPS) is 12.5. The van der Waals surface area contributed by atoms with Crippen molar-refractivity contribution in [3.05, 3.63) is 191 Å². The van der Waals surface area contributed by atoms with Crippen molar-refractivity contribution in [2.45, 2.75) is 36.9 Å². The minimum atomic E-state index is -1.44. The van der Waals surface area contributed by atoms with Gasteiger partial charge in [0.25, 0.3) is 0 Å². The topological polar surface area (TPSA) is 128 Å². The molecule has 7 rings (SSSR count). The molecule has 9 heteroatoms. The van der Waals surface area contributed by atoms with Gasteiger partial charge in [-0.2, -0.15) is 0 Å². The maximum atomic E-state index is 15.5. The molecule has 0 spiro atoms. The van der Waals surface area contributed by atoms with E-state index in [-0.39, 0.29) is 49.3 Å². The van der Waals surface area contributed by atoms with Crippen molar-refractivity contribution in [3.8, 4) is 22.6 Å². The fourth-order valence-corrected chi connectivity index (χ4v) is 7.87. The third kappa shape index (κ3) is 7.31. The highest BCUT2D eigenvalue weighted by Gasteiger charge is 2.50. The smallest absolute Gasteiger partial charge is 0.411 e. The van der Waals surface area contributed by atoms with Gasteiger partial charge in [0.1, 0.15) is 18.2 Å². The molecule has 9 nitrogen and oxygen atoms in total. The molecular weight excluding hydrogens is 703 g/mol. The fourth-order valence-electron chi connectivity index (χ4n) is 7.87. The zero-order chi connectivity index (χ0) is 39.1. The number of rotatable bonds is 13. The van der Waals surface area contributed by atoms with Gasteiger partial charge in [-0.15, -0.1) is 0 Å². The Bertz CT molecular complexity index is 2170. The first kappa shape index (κ1) is 37.4. The van der Waals surface area contributed by atoms with Crippen LogP contribution >= 0.6 is 0 Å². The molecule has 0 unspecified atom stereocenters. The number of benzene rings is 6. The van der Waals surface area contributed by atoms with Gasteiger partial charge in [-0.1, -0.05) is 146 Å². The van der Waals surface area contributed by atoms with Crippen LogP contribution in [0.2, 0.25) is 0 Å². The van der Waals surface area contributed by atoms with Gasteiger partial charge in [-0.3, -0.25) is 14.5 Å². The second-order valence-electron chi connectivity index (χ2n) is 13.8. The molecular formula is C47H43N3O6. The summed E-state index contributed by atoms with van der Waals surface area (Å²) in [6.07, 6.45) is -0.871. The Balaban J connectivity index is 1.39. The highest BCUT2D eigenvalue weighted by molar-refractivity contribution is 5.88. The van der Waals surface area contributed by atoms with Crippen LogP contribution in [0.5, 0.6) is 11.5 Å². The molecule has 56 heavy (non-hydrogen) atoms. The van der Waals surface area contributed by atoms with Gasteiger partial charge in [0.05, 0.1) is 0 Å². The average Bonchev–Trinajstić information content (AvgIpc) is 3.57. The van der Waals surface area contributed by atoms with Gasteiger partial charge < -0.3 is 25.6 Å². The maximum absolute atomic E-state index is 15.5. The summed E-state index contributed by atoms with van der Waals surface area (Å²) in [6.45, 7) is -0.0366. The summed E-state index contributed by atoms with van der Waals surface area (Å²) < 4.78 is 6.47. The molecule has 0 heterocycles. The number of phenolic OH excluding ortho intramolecular Hbond substituents is 2. The summed E-state index contributed by atoms with van der Waals surface area (Å²) in [5.74, 6) is -1.72. The first-order valence-corrected chi connectivity index (χ1v) is 18.6. The summed E-state index contributed by atoms with van der Waals surface area (Å²) >= 11 is 0. The number of ether oxygens (including phenoxy) is 1. The number of carbonyl (C=O) groups is 3. The second kappa shape index (κ2) is 16.7. The quantitative estimate of drug-likeness (QED) is 0.0705. The van der Waals surface area contributed by atoms with Crippen molar-refractivity contribution in [2.75, 3.05) is 13.7 Å². The average molecular weight is 746 g/mol. The third-order valence-electron chi connectivity index (χ3n) is 10.5. The number of nitrogens with one attached hydrogen (secondary N) is 2. The SMILES string of the molecule is CNC(=O)CC[C@@H](C(=O)NCc1ccc(O)c(O)c1)N(C(=O)OCC1c2ccccc2-c2ccccc21)C(c1ccccc1)(c1ccccc1)c1ccccc1. The molecule has 0 saturated heterocycles. The number of phenols is 2. The lowest BCUT2D eigenvalue weighted by Crippen LogP contribution is -2.60. The Hall–Kier alpha value is -6.87. The van der Waals surface area contributed by atoms with Gasteiger partial charge in [-0.05, 0) is 63.1 Å². The number of nitrogens with zero attached hydrogens (tertiary/aromatic N) is 1. The van der Waals surface area contributed by atoms with Crippen LogP contribution in [-0.4, -0.2) is 52.7 Å². The molecule has 0 saturated carbocycles. The fraction of sp³-hybridized carbons (Fsp3) is 0.170. The van der Waals surface area contributed by atoms with E-state index in [1.54, 1.807) is 6.07 Å². The number of aromatic hydroxyl groups is 2. The van der Waals surface area contributed by atoms with Crippen LogP contribution in [0.4, 0.5) is 4.79 Å².